The van der Waals surface area contributed by atoms with Crippen molar-refractivity contribution in [3.63, 3.8) is 0 Å². The Kier molecular flexibility index (Phi) is 5.08. The Balaban J connectivity index is 0.000000847. The van der Waals surface area contributed by atoms with Gasteiger partial charge in [-0.25, -0.2) is 14.4 Å². The molecule has 0 amide bonds. The van der Waals surface area contributed by atoms with E-state index in [1.54, 1.807) is 11.0 Å². The number of aryl methyl sites for hydroxylation is 1. The Bertz CT molecular complexity index is 781. The van der Waals surface area contributed by atoms with Crippen molar-refractivity contribution in [2.75, 3.05) is 19.0 Å². The normalized spacial score (nSPS) is 10.3. The minimum Gasteiger partial charge on any atom is -0.375 e. The molecule has 5 heteroatoms. The van der Waals surface area contributed by atoms with Crippen LogP contribution in [0.4, 0.5) is 10.1 Å². The Morgan fingerprint density at radius 1 is 1.05 bits per heavy atom. The van der Waals surface area contributed by atoms with Crippen LogP contribution in [0.15, 0.2) is 30.3 Å². The number of rotatable bonds is 2. The molecule has 0 atom stereocenters. The predicted molar refractivity (Wildman–Crippen MR) is 93.2 cm³/mol. The number of nitrogens with zero attached hydrogens (tertiary/aromatic N) is 3. The van der Waals surface area contributed by atoms with E-state index in [1.807, 2.05) is 53.1 Å². The molecule has 2 heterocycles. The summed E-state index contributed by atoms with van der Waals surface area (Å²) in [6, 6.07) is 9.07. The monoisotopic (exact) mass is 317 g/mol. The van der Waals surface area contributed by atoms with E-state index in [0.717, 1.165) is 26.6 Å². The summed E-state index contributed by atoms with van der Waals surface area (Å²) in [5, 5.41) is 0.794. The van der Waals surface area contributed by atoms with Crippen LogP contribution in [0.5, 0.6) is 0 Å². The third-order valence-electron chi connectivity index (χ3n) is 3.07. The molecule has 2 aromatic heterocycles. The van der Waals surface area contributed by atoms with Gasteiger partial charge in [0.15, 0.2) is 0 Å². The maximum atomic E-state index is 14.0. The lowest BCUT2D eigenvalue weighted by Crippen LogP contribution is -2.10. The fourth-order valence-electron chi connectivity index (χ4n) is 2.04. The van der Waals surface area contributed by atoms with Gasteiger partial charge in [0.2, 0.25) is 0 Å². The third-order valence-corrected chi connectivity index (χ3v) is 4.09. The molecule has 0 aliphatic carbocycles. The summed E-state index contributed by atoms with van der Waals surface area (Å²) < 4.78 is 14.0. The second kappa shape index (κ2) is 6.83. The summed E-state index contributed by atoms with van der Waals surface area (Å²) in [5.74, 6) is -0.240. The van der Waals surface area contributed by atoms with E-state index in [1.165, 1.54) is 17.4 Å². The van der Waals surface area contributed by atoms with Gasteiger partial charge in [-0.15, -0.1) is 0 Å². The first-order valence-corrected chi connectivity index (χ1v) is 8.07. The number of anilines is 1. The first kappa shape index (κ1) is 16.4. The van der Waals surface area contributed by atoms with Crippen molar-refractivity contribution >= 4 is 27.4 Å². The molecule has 3 rings (SSSR count). The molecule has 0 radical (unpaired) electrons. The van der Waals surface area contributed by atoms with Gasteiger partial charge in [-0.1, -0.05) is 25.2 Å². The van der Waals surface area contributed by atoms with Gasteiger partial charge in [-0.05, 0) is 37.3 Å². The number of hydrogen-bond acceptors (Lipinski definition) is 4. The van der Waals surface area contributed by atoms with E-state index in [4.69, 9.17) is 0 Å². The van der Waals surface area contributed by atoms with Crippen LogP contribution >= 0.6 is 11.3 Å². The maximum absolute atomic E-state index is 14.0. The van der Waals surface area contributed by atoms with Gasteiger partial charge in [0.05, 0.1) is 5.69 Å². The Morgan fingerprint density at radius 2 is 1.77 bits per heavy atom. The summed E-state index contributed by atoms with van der Waals surface area (Å²) >= 11 is 1.49. The SMILES string of the molecule is CC.Cc1ccc2nc(-c3ccc(N(C)C)c(F)c3)sc2n1. The lowest BCUT2D eigenvalue weighted by Gasteiger charge is -2.13. The van der Waals surface area contributed by atoms with Gasteiger partial charge >= 0.3 is 0 Å². The highest BCUT2D eigenvalue weighted by molar-refractivity contribution is 7.21. The number of halogens is 1. The molecule has 0 aliphatic heterocycles. The molecule has 0 aliphatic rings. The number of hydrogen-bond donors (Lipinski definition) is 0. The highest BCUT2D eigenvalue weighted by Gasteiger charge is 2.11. The van der Waals surface area contributed by atoms with E-state index in [2.05, 4.69) is 9.97 Å². The minimum atomic E-state index is -0.240. The minimum absolute atomic E-state index is 0.240. The lowest BCUT2D eigenvalue weighted by atomic mass is 10.2. The summed E-state index contributed by atoms with van der Waals surface area (Å²) in [4.78, 5) is 11.6. The molecule has 0 fully saturated rings. The van der Waals surface area contributed by atoms with Crippen LogP contribution in [0.3, 0.4) is 0 Å². The van der Waals surface area contributed by atoms with Crippen LogP contribution in [0.2, 0.25) is 0 Å². The number of pyridine rings is 1. The number of aromatic nitrogens is 2. The summed E-state index contributed by atoms with van der Waals surface area (Å²) in [6.45, 7) is 5.95. The predicted octanol–water partition coefficient (Wildman–Crippen LogP) is 4.90. The first-order valence-electron chi connectivity index (χ1n) is 7.26. The molecule has 0 saturated heterocycles. The number of thiazole rings is 1. The van der Waals surface area contributed by atoms with Crippen molar-refractivity contribution in [2.45, 2.75) is 20.8 Å². The Hall–Kier alpha value is -2.01. The molecule has 0 unspecified atom stereocenters. The number of fused-ring (bicyclic) bond motifs is 1. The molecular weight excluding hydrogens is 297 g/mol. The molecule has 3 aromatic rings. The van der Waals surface area contributed by atoms with Crippen molar-refractivity contribution in [3.8, 4) is 10.6 Å². The van der Waals surface area contributed by atoms with Crippen molar-refractivity contribution in [2.24, 2.45) is 0 Å². The van der Waals surface area contributed by atoms with Crippen LogP contribution in [0, 0.1) is 12.7 Å². The van der Waals surface area contributed by atoms with Crippen LogP contribution in [0.1, 0.15) is 19.5 Å². The molecule has 0 spiro atoms. The molecule has 116 valence electrons. The van der Waals surface area contributed by atoms with Crippen LogP contribution < -0.4 is 4.90 Å². The number of benzene rings is 1. The van der Waals surface area contributed by atoms with Crippen molar-refractivity contribution < 1.29 is 4.39 Å². The van der Waals surface area contributed by atoms with Crippen LogP contribution in [0.25, 0.3) is 20.9 Å². The van der Waals surface area contributed by atoms with E-state index >= 15 is 0 Å². The van der Waals surface area contributed by atoms with Crippen LogP contribution in [-0.4, -0.2) is 24.1 Å². The van der Waals surface area contributed by atoms with Crippen LogP contribution in [-0.2, 0) is 0 Å². The van der Waals surface area contributed by atoms with E-state index < -0.39 is 0 Å². The van der Waals surface area contributed by atoms with Crippen molar-refractivity contribution in [3.05, 3.63) is 41.8 Å². The van der Waals surface area contributed by atoms with Crippen molar-refractivity contribution in [1.82, 2.24) is 9.97 Å². The van der Waals surface area contributed by atoms with E-state index in [0.29, 0.717) is 5.69 Å². The van der Waals surface area contributed by atoms with Gasteiger partial charge in [-0.3, -0.25) is 0 Å². The Morgan fingerprint density at radius 3 is 2.41 bits per heavy atom. The maximum Gasteiger partial charge on any atom is 0.147 e. The zero-order valence-electron chi connectivity index (χ0n) is 13.5. The Labute approximate surface area is 134 Å². The van der Waals surface area contributed by atoms with Crippen molar-refractivity contribution in [1.29, 1.82) is 0 Å². The molecule has 0 N–H and O–H groups in total. The summed E-state index contributed by atoms with van der Waals surface area (Å²) in [5.41, 5.74) is 3.17. The fraction of sp³-hybridized carbons (Fsp3) is 0.294. The molecule has 0 bridgehead atoms. The molecule has 22 heavy (non-hydrogen) atoms. The smallest absolute Gasteiger partial charge is 0.147 e. The summed E-state index contributed by atoms with van der Waals surface area (Å²) in [6.07, 6.45) is 0. The molecule has 0 saturated carbocycles. The van der Waals surface area contributed by atoms with Gasteiger partial charge in [0.1, 0.15) is 21.2 Å². The zero-order chi connectivity index (χ0) is 16.3. The highest BCUT2D eigenvalue weighted by atomic mass is 32.1. The largest absolute Gasteiger partial charge is 0.375 e. The highest BCUT2D eigenvalue weighted by Crippen LogP contribution is 2.31. The van der Waals surface area contributed by atoms with Gasteiger partial charge in [-0.2, -0.15) is 0 Å². The topological polar surface area (TPSA) is 29.0 Å². The van der Waals surface area contributed by atoms with Gasteiger partial charge < -0.3 is 4.90 Å². The first-order chi connectivity index (χ1) is 10.5. The average molecular weight is 317 g/mol. The third kappa shape index (κ3) is 3.25. The second-order valence-corrected chi connectivity index (χ2v) is 5.83. The fourth-order valence-corrected chi connectivity index (χ4v) is 3.02. The molecule has 1 aromatic carbocycles. The van der Waals surface area contributed by atoms with E-state index in [9.17, 15) is 4.39 Å². The van der Waals surface area contributed by atoms with E-state index in [-0.39, 0.29) is 5.82 Å². The average Bonchev–Trinajstić information content (AvgIpc) is 2.91. The van der Waals surface area contributed by atoms with Gasteiger partial charge in [0.25, 0.3) is 0 Å². The summed E-state index contributed by atoms with van der Waals surface area (Å²) in [7, 11) is 3.64. The molecule has 3 nitrogen and oxygen atoms in total. The second-order valence-electron chi connectivity index (χ2n) is 4.86. The molecular formula is C17H20FN3S. The quantitative estimate of drug-likeness (QED) is 0.673. The standard InChI is InChI=1S/C15H14FN3S.C2H6/c1-9-4-6-12-15(17-9)20-14(18-12)10-5-7-13(19(2)3)11(16)8-10;1-2/h4-8H,1-3H3;1-2H3. The zero-order valence-corrected chi connectivity index (χ0v) is 14.3. The van der Waals surface area contributed by atoms with Gasteiger partial charge in [0, 0.05) is 25.4 Å². The lowest BCUT2D eigenvalue weighted by molar-refractivity contribution is 0.626.